The molecular formula is C9H11BrN2O2S. The predicted molar refractivity (Wildman–Crippen MR) is 64.3 cm³/mol. The summed E-state index contributed by atoms with van der Waals surface area (Å²) in [6.45, 7) is 5.21. The summed E-state index contributed by atoms with van der Waals surface area (Å²) in [7, 11) is -3.34. The molecule has 0 amide bonds. The van der Waals surface area contributed by atoms with E-state index in [9.17, 15) is 8.42 Å². The second-order valence-corrected chi connectivity index (χ2v) is 5.52. The van der Waals surface area contributed by atoms with Crippen LogP contribution in [0.5, 0.6) is 0 Å². The first-order valence-corrected chi connectivity index (χ1v) is 6.62. The summed E-state index contributed by atoms with van der Waals surface area (Å²) >= 11 is 3.24. The fraction of sp³-hybridized carbons (Fsp3) is 0.222. The molecule has 15 heavy (non-hydrogen) atoms. The monoisotopic (exact) mass is 290 g/mol. The highest BCUT2D eigenvalue weighted by atomic mass is 79.9. The molecule has 1 aromatic rings. The minimum atomic E-state index is -3.34. The Morgan fingerprint density at radius 1 is 1.67 bits per heavy atom. The molecule has 0 radical (unpaired) electrons. The summed E-state index contributed by atoms with van der Waals surface area (Å²) in [4.78, 5) is 3.99. The van der Waals surface area contributed by atoms with E-state index in [2.05, 4.69) is 32.2 Å². The van der Waals surface area contributed by atoms with Crippen LogP contribution in [0.3, 0.4) is 0 Å². The minimum absolute atomic E-state index is 0.109. The van der Waals surface area contributed by atoms with E-state index < -0.39 is 10.0 Å². The molecular weight excluding hydrogens is 280 g/mol. The standard InChI is InChI=1S/C9H11BrN2O2S/c1-3-4-15(13,14)12-8-5-7(2)9(10)11-6-8/h3,5-6,12H,1,4H2,2H3. The lowest BCUT2D eigenvalue weighted by molar-refractivity contribution is 0.604. The van der Waals surface area contributed by atoms with E-state index >= 15 is 0 Å². The summed E-state index contributed by atoms with van der Waals surface area (Å²) in [6, 6.07) is 1.71. The van der Waals surface area contributed by atoms with Crippen LogP contribution in [0.1, 0.15) is 5.56 Å². The van der Waals surface area contributed by atoms with Gasteiger partial charge in [0.2, 0.25) is 10.0 Å². The van der Waals surface area contributed by atoms with Crippen LogP contribution in [0.2, 0.25) is 0 Å². The van der Waals surface area contributed by atoms with Crippen molar-refractivity contribution in [1.82, 2.24) is 4.98 Å². The molecule has 82 valence electrons. The number of aryl methyl sites for hydroxylation is 1. The highest BCUT2D eigenvalue weighted by Crippen LogP contribution is 2.17. The molecule has 0 atom stereocenters. The van der Waals surface area contributed by atoms with Gasteiger partial charge in [0.25, 0.3) is 0 Å². The number of pyridine rings is 1. The van der Waals surface area contributed by atoms with Gasteiger partial charge < -0.3 is 0 Å². The zero-order valence-electron chi connectivity index (χ0n) is 8.20. The van der Waals surface area contributed by atoms with Crippen LogP contribution in [0.4, 0.5) is 5.69 Å². The largest absolute Gasteiger partial charge is 0.282 e. The summed E-state index contributed by atoms with van der Waals surface area (Å²) in [5, 5.41) is 0. The Hall–Kier alpha value is -0.880. The molecule has 0 saturated carbocycles. The maximum absolute atomic E-state index is 11.4. The van der Waals surface area contributed by atoms with Gasteiger partial charge >= 0.3 is 0 Å². The summed E-state index contributed by atoms with van der Waals surface area (Å²) in [6.07, 6.45) is 2.79. The Kier molecular flexibility index (Phi) is 3.87. The number of hydrogen-bond acceptors (Lipinski definition) is 3. The minimum Gasteiger partial charge on any atom is -0.282 e. The smallest absolute Gasteiger partial charge is 0.236 e. The lowest BCUT2D eigenvalue weighted by atomic mass is 10.3. The second-order valence-electron chi connectivity index (χ2n) is 3.00. The molecule has 1 rings (SSSR count). The van der Waals surface area contributed by atoms with Crippen LogP contribution >= 0.6 is 15.9 Å². The Labute approximate surface area is 97.6 Å². The third-order valence-electron chi connectivity index (χ3n) is 1.63. The Bertz CT molecular complexity index is 471. The van der Waals surface area contributed by atoms with Crippen molar-refractivity contribution in [3.63, 3.8) is 0 Å². The third-order valence-corrected chi connectivity index (χ3v) is 3.68. The number of sulfonamides is 1. The number of rotatable bonds is 4. The third kappa shape index (κ3) is 3.64. The van der Waals surface area contributed by atoms with E-state index in [-0.39, 0.29) is 5.75 Å². The average molecular weight is 291 g/mol. The van der Waals surface area contributed by atoms with Crippen molar-refractivity contribution in [3.05, 3.63) is 35.1 Å². The molecule has 4 nitrogen and oxygen atoms in total. The van der Waals surface area contributed by atoms with E-state index in [4.69, 9.17) is 0 Å². The van der Waals surface area contributed by atoms with E-state index in [1.165, 1.54) is 12.3 Å². The molecule has 0 fully saturated rings. The maximum atomic E-state index is 11.4. The topological polar surface area (TPSA) is 59.1 Å². The van der Waals surface area contributed by atoms with Crippen molar-refractivity contribution in [2.45, 2.75) is 6.92 Å². The molecule has 0 saturated heterocycles. The van der Waals surface area contributed by atoms with E-state index in [0.717, 1.165) is 5.56 Å². The lowest BCUT2D eigenvalue weighted by Gasteiger charge is -2.06. The Balaban J connectivity index is 2.91. The molecule has 1 aromatic heterocycles. The van der Waals surface area contributed by atoms with E-state index in [1.807, 2.05) is 6.92 Å². The number of halogens is 1. The number of nitrogens with one attached hydrogen (secondary N) is 1. The Morgan fingerprint density at radius 2 is 2.33 bits per heavy atom. The van der Waals surface area contributed by atoms with Crippen molar-refractivity contribution in [3.8, 4) is 0 Å². The van der Waals surface area contributed by atoms with Gasteiger partial charge in [-0.25, -0.2) is 13.4 Å². The van der Waals surface area contributed by atoms with E-state index in [0.29, 0.717) is 10.3 Å². The fourth-order valence-corrected chi connectivity index (χ4v) is 2.07. The zero-order chi connectivity index (χ0) is 11.5. The second kappa shape index (κ2) is 4.76. The van der Waals surface area contributed by atoms with Gasteiger partial charge in [0.1, 0.15) is 4.60 Å². The SMILES string of the molecule is C=CCS(=O)(=O)Nc1cnc(Br)c(C)c1. The molecule has 0 spiro atoms. The van der Waals surface area contributed by atoms with Crippen LogP contribution in [0.25, 0.3) is 0 Å². The number of anilines is 1. The molecule has 0 aliphatic carbocycles. The predicted octanol–water partition coefficient (Wildman–Crippen LogP) is 2.08. The molecule has 0 aliphatic heterocycles. The van der Waals surface area contributed by atoms with Gasteiger partial charge in [-0.1, -0.05) is 6.08 Å². The normalized spacial score (nSPS) is 11.1. The molecule has 0 aliphatic rings. The molecule has 0 unspecified atom stereocenters. The number of hydrogen-bond donors (Lipinski definition) is 1. The van der Waals surface area contributed by atoms with Crippen molar-refractivity contribution >= 4 is 31.6 Å². The van der Waals surface area contributed by atoms with Gasteiger partial charge in [-0.05, 0) is 34.5 Å². The van der Waals surface area contributed by atoms with Crippen LogP contribution in [-0.2, 0) is 10.0 Å². The number of aromatic nitrogens is 1. The van der Waals surface area contributed by atoms with Crippen molar-refractivity contribution in [2.24, 2.45) is 0 Å². The highest BCUT2D eigenvalue weighted by molar-refractivity contribution is 9.10. The van der Waals surface area contributed by atoms with Crippen molar-refractivity contribution < 1.29 is 8.42 Å². The van der Waals surface area contributed by atoms with Gasteiger partial charge in [-0.15, -0.1) is 6.58 Å². The van der Waals surface area contributed by atoms with Crippen LogP contribution in [-0.4, -0.2) is 19.2 Å². The highest BCUT2D eigenvalue weighted by Gasteiger charge is 2.08. The molecule has 1 heterocycles. The summed E-state index contributed by atoms with van der Waals surface area (Å²) in [5.74, 6) is -0.109. The first-order chi connectivity index (χ1) is 6.94. The van der Waals surface area contributed by atoms with Gasteiger partial charge in [0.05, 0.1) is 17.6 Å². The Morgan fingerprint density at radius 3 is 2.87 bits per heavy atom. The van der Waals surface area contributed by atoms with Gasteiger partial charge in [0, 0.05) is 0 Å². The lowest BCUT2D eigenvalue weighted by Crippen LogP contribution is -2.15. The van der Waals surface area contributed by atoms with Crippen molar-refractivity contribution in [1.29, 1.82) is 0 Å². The molecule has 0 bridgehead atoms. The van der Waals surface area contributed by atoms with Crippen LogP contribution < -0.4 is 4.72 Å². The molecule has 6 heteroatoms. The van der Waals surface area contributed by atoms with E-state index in [1.54, 1.807) is 6.07 Å². The fourth-order valence-electron chi connectivity index (χ4n) is 0.990. The number of nitrogens with zero attached hydrogens (tertiary/aromatic N) is 1. The molecule has 0 aromatic carbocycles. The maximum Gasteiger partial charge on any atom is 0.236 e. The van der Waals surface area contributed by atoms with Gasteiger partial charge in [-0.3, -0.25) is 4.72 Å². The summed E-state index contributed by atoms with van der Waals surface area (Å²) < 4.78 is 25.9. The van der Waals surface area contributed by atoms with Crippen LogP contribution in [0.15, 0.2) is 29.5 Å². The van der Waals surface area contributed by atoms with Gasteiger partial charge in [0.15, 0.2) is 0 Å². The molecule has 1 N–H and O–H groups in total. The first kappa shape index (κ1) is 12.2. The summed E-state index contributed by atoms with van der Waals surface area (Å²) in [5.41, 5.74) is 1.33. The zero-order valence-corrected chi connectivity index (χ0v) is 10.6. The first-order valence-electron chi connectivity index (χ1n) is 4.18. The van der Waals surface area contributed by atoms with Crippen LogP contribution in [0, 0.1) is 6.92 Å². The van der Waals surface area contributed by atoms with Crippen molar-refractivity contribution in [2.75, 3.05) is 10.5 Å². The van der Waals surface area contributed by atoms with Gasteiger partial charge in [-0.2, -0.15) is 0 Å². The quantitative estimate of drug-likeness (QED) is 0.682. The average Bonchev–Trinajstić information content (AvgIpc) is 2.10.